The number of morpholine rings is 1. The molecule has 12 heteroatoms. The summed E-state index contributed by atoms with van der Waals surface area (Å²) < 4.78 is 29.6. The third kappa shape index (κ3) is 6.56. The number of esters is 1. The molecule has 0 saturated carbocycles. The second-order valence-electron chi connectivity index (χ2n) is 10.5. The highest BCUT2D eigenvalue weighted by Gasteiger charge is 2.35. The van der Waals surface area contributed by atoms with Crippen molar-refractivity contribution in [2.75, 3.05) is 47.1 Å². The number of nitrogens with zero attached hydrogens (tertiary/aromatic N) is 3. The number of fused-ring (bicyclic) bond motifs is 1. The Labute approximate surface area is 258 Å². The van der Waals surface area contributed by atoms with Crippen molar-refractivity contribution in [1.82, 2.24) is 9.47 Å². The second kappa shape index (κ2) is 13.5. The van der Waals surface area contributed by atoms with E-state index < -0.39 is 12.0 Å². The zero-order valence-electron chi connectivity index (χ0n) is 25.3. The van der Waals surface area contributed by atoms with Crippen LogP contribution in [-0.4, -0.2) is 74.6 Å². The lowest BCUT2D eigenvalue weighted by atomic mass is 9.94. The molecular formula is C32H35N3O8S. The lowest BCUT2D eigenvalue weighted by Gasteiger charge is -2.26. The summed E-state index contributed by atoms with van der Waals surface area (Å²) in [6, 6.07) is 11.5. The molecule has 0 bridgehead atoms. The zero-order chi connectivity index (χ0) is 31.4. The summed E-state index contributed by atoms with van der Waals surface area (Å²) >= 11 is 1.22. The van der Waals surface area contributed by atoms with Crippen LogP contribution in [0.5, 0.6) is 17.2 Å². The maximum absolute atomic E-state index is 14.0. The Hall–Kier alpha value is -4.42. The van der Waals surface area contributed by atoms with Gasteiger partial charge in [-0.3, -0.25) is 14.2 Å². The fourth-order valence-corrected chi connectivity index (χ4v) is 6.11. The molecular weight excluding hydrogens is 586 g/mol. The number of carbonyl (C=O) groups excluding carboxylic acids is 2. The van der Waals surface area contributed by atoms with Crippen LogP contribution in [0.3, 0.4) is 0 Å². The minimum Gasteiger partial charge on any atom is -0.497 e. The average Bonchev–Trinajstić information content (AvgIpc) is 3.33. The van der Waals surface area contributed by atoms with Crippen molar-refractivity contribution in [3.8, 4) is 17.2 Å². The number of allylic oxidation sites excluding steroid dienone is 1. The number of thiazole rings is 1. The number of hydrogen-bond donors (Lipinski definition) is 0. The van der Waals surface area contributed by atoms with Crippen molar-refractivity contribution in [1.29, 1.82) is 0 Å². The van der Waals surface area contributed by atoms with Gasteiger partial charge in [0.05, 0.1) is 49.3 Å². The average molecular weight is 622 g/mol. The largest absolute Gasteiger partial charge is 0.497 e. The van der Waals surface area contributed by atoms with E-state index in [9.17, 15) is 14.4 Å². The molecule has 44 heavy (non-hydrogen) atoms. The maximum atomic E-state index is 14.0. The van der Waals surface area contributed by atoms with Crippen molar-refractivity contribution < 1.29 is 33.3 Å². The summed E-state index contributed by atoms with van der Waals surface area (Å²) in [6.45, 7) is 7.38. The van der Waals surface area contributed by atoms with Gasteiger partial charge in [-0.25, -0.2) is 9.79 Å². The molecule has 2 aromatic carbocycles. The Morgan fingerprint density at radius 2 is 1.77 bits per heavy atom. The Balaban J connectivity index is 1.50. The van der Waals surface area contributed by atoms with Crippen LogP contribution in [0.4, 0.5) is 0 Å². The molecule has 1 atom stereocenters. The number of methoxy groups -OCH3 is 2. The van der Waals surface area contributed by atoms with E-state index in [4.69, 9.17) is 23.7 Å². The molecule has 2 aliphatic heterocycles. The second-order valence-corrected chi connectivity index (χ2v) is 11.5. The fourth-order valence-electron chi connectivity index (χ4n) is 5.07. The van der Waals surface area contributed by atoms with Gasteiger partial charge in [-0.1, -0.05) is 23.5 Å². The van der Waals surface area contributed by atoms with Gasteiger partial charge in [-0.2, -0.15) is 0 Å². The van der Waals surface area contributed by atoms with Crippen molar-refractivity contribution in [3.05, 3.63) is 84.5 Å². The zero-order valence-corrected chi connectivity index (χ0v) is 26.1. The quantitative estimate of drug-likeness (QED) is 0.335. The minimum absolute atomic E-state index is 0.0629. The molecule has 2 aliphatic rings. The van der Waals surface area contributed by atoms with E-state index in [-0.39, 0.29) is 29.8 Å². The van der Waals surface area contributed by atoms with Crippen LogP contribution in [0.2, 0.25) is 0 Å². The van der Waals surface area contributed by atoms with Crippen molar-refractivity contribution >= 4 is 29.3 Å². The normalized spacial score (nSPS) is 16.8. The molecule has 232 valence electrons. The molecule has 3 heterocycles. The van der Waals surface area contributed by atoms with Crippen LogP contribution in [0.25, 0.3) is 6.08 Å². The van der Waals surface area contributed by atoms with Crippen LogP contribution < -0.4 is 29.1 Å². The van der Waals surface area contributed by atoms with Gasteiger partial charge < -0.3 is 28.6 Å². The number of hydrogen-bond acceptors (Lipinski definition) is 10. The molecule has 0 spiro atoms. The van der Waals surface area contributed by atoms with E-state index in [1.165, 1.54) is 23.0 Å². The molecule has 1 fully saturated rings. The first kappa shape index (κ1) is 31.0. The van der Waals surface area contributed by atoms with Gasteiger partial charge in [0.15, 0.2) is 11.4 Å². The predicted molar refractivity (Wildman–Crippen MR) is 164 cm³/mol. The smallest absolute Gasteiger partial charge is 0.338 e. The van der Waals surface area contributed by atoms with Gasteiger partial charge in [0.25, 0.3) is 11.5 Å². The van der Waals surface area contributed by atoms with E-state index in [1.807, 2.05) is 12.1 Å². The molecule has 0 aliphatic carbocycles. The van der Waals surface area contributed by atoms with Gasteiger partial charge in [-0.15, -0.1) is 0 Å². The predicted octanol–water partition coefficient (Wildman–Crippen LogP) is 2.44. The van der Waals surface area contributed by atoms with Gasteiger partial charge in [0.2, 0.25) is 0 Å². The molecule has 11 nitrogen and oxygen atoms in total. The first-order valence-electron chi connectivity index (χ1n) is 14.2. The molecule has 0 N–H and O–H groups in total. The Kier molecular flexibility index (Phi) is 9.50. The van der Waals surface area contributed by atoms with Crippen LogP contribution in [-0.2, 0) is 19.1 Å². The third-order valence-corrected chi connectivity index (χ3v) is 8.20. The Morgan fingerprint density at radius 1 is 1.07 bits per heavy atom. The highest BCUT2D eigenvalue weighted by atomic mass is 32.1. The summed E-state index contributed by atoms with van der Waals surface area (Å²) in [5.41, 5.74) is 1.71. The molecule has 1 aromatic heterocycles. The number of carbonyl (C=O) groups is 2. The van der Waals surface area contributed by atoms with Crippen molar-refractivity contribution in [2.24, 2.45) is 4.99 Å². The van der Waals surface area contributed by atoms with Crippen LogP contribution in [0, 0.1) is 0 Å². The van der Waals surface area contributed by atoms with Crippen LogP contribution in [0.1, 0.15) is 37.9 Å². The third-order valence-electron chi connectivity index (χ3n) is 7.22. The van der Waals surface area contributed by atoms with Crippen LogP contribution in [0.15, 0.2) is 63.5 Å². The monoisotopic (exact) mass is 621 g/mol. The summed E-state index contributed by atoms with van der Waals surface area (Å²) in [5, 5.41) is 0. The molecule has 0 radical (unpaired) electrons. The van der Waals surface area contributed by atoms with Crippen LogP contribution >= 0.6 is 11.3 Å². The number of rotatable bonds is 9. The van der Waals surface area contributed by atoms with E-state index in [0.29, 0.717) is 64.1 Å². The standard InChI is InChI=1S/C32H35N3O8S/c1-19(2)43-31(38)28-20(3)33-32-35(29(28)24-17-23(39-4)10-11-25(24)40-5)30(37)26(44-32)16-21-6-8-22(9-7-21)42-18-27(36)34-12-14-41-15-13-34/h6-11,16-17,19,29H,12-15,18H2,1-5H3/b26-16-/t29-/m1/s1. The molecule has 5 rings (SSSR count). The van der Waals surface area contributed by atoms with E-state index in [2.05, 4.69) is 4.99 Å². The van der Waals surface area contributed by atoms with Gasteiger partial charge in [-0.05, 0) is 62.7 Å². The lowest BCUT2D eigenvalue weighted by Crippen LogP contribution is -2.42. The van der Waals surface area contributed by atoms with Gasteiger partial charge >= 0.3 is 5.97 Å². The SMILES string of the molecule is COc1ccc(OC)c([C@@H]2C(C(=O)OC(C)C)=C(C)N=c3s/c(=C\c4ccc(OCC(=O)N5CCOCC5)cc4)c(=O)n32)c1. The number of amides is 1. The molecule has 0 unspecified atom stereocenters. The summed E-state index contributed by atoms with van der Waals surface area (Å²) in [6.07, 6.45) is 1.39. The molecule has 1 saturated heterocycles. The number of aromatic nitrogens is 1. The first-order valence-corrected chi connectivity index (χ1v) is 15.1. The fraction of sp³-hybridized carbons (Fsp3) is 0.375. The molecule has 1 amide bonds. The van der Waals surface area contributed by atoms with Gasteiger partial charge in [0.1, 0.15) is 23.3 Å². The summed E-state index contributed by atoms with van der Waals surface area (Å²) in [4.78, 5) is 46.6. The minimum atomic E-state index is -0.857. The van der Waals surface area contributed by atoms with E-state index in [0.717, 1.165) is 5.56 Å². The van der Waals surface area contributed by atoms with E-state index in [1.54, 1.807) is 69.2 Å². The first-order chi connectivity index (χ1) is 21.2. The highest BCUT2D eigenvalue weighted by molar-refractivity contribution is 7.07. The number of benzene rings is 2. The Bertz CT molecular complexity index is 1750. The maximum Gasteiger partial charge on any atom is 0.338 e. The Morgan fingerprint density at radius 3 is 2.43 bits per heavy atom. The number of ether oxygens (including phenoxy) is 5. The van der Waals surface area contributed by atoms with Gasteiger partial charge in [0, 0.05) is 18.7 Å². The van der Waals surface area contributed by atoms with Crippen molar-refractivity contribution in [2.45, 2.75) is 32.9 Å². The highest BCUT2D eigenvalue weighted by Crippen LogP contribution is 2.38. The van der Waals surface area contributed by atoms with E-state index >= 15 is 0 Å². The summed E-state index contributed by atoms with van der Waals surface area (Å²) in [7, 11) is 3.08. The topological polar surface area (TPSA) is 118 Å². The summed E-state index contributed by atoms with van der Waals surface area (Å²) in [5.74, 6) is 0.917. The lowest BCUT2D eigenvalue weighted by molar-refractivity contribution is -0.143. The molecule has 3 aromatic rings. The van der Waals surface area contributed by atoms with Crippen molar-refractivity contribution in [3.63, 3.8) is 0 Å².